The molecule has 0 aliphatic heterocycles. The molecule has 0 aromatic carbocycles. The summed E-state index contributed by atoms with van der Waals surface area (Å²) in [5.41, 5.74) is -0.866. The second-order valence-electron chi connectivity index (χ2n) is 4.53. The lowest BCUT2D eigenvalue weighted by atomic mass is 9.81. The highest BCUT2D eigenvalue weighted by atomic mass is 79.9. The van der Waals surface area contributed by atoms with Crippen LogP contribution in [-0.4, -0.2) is 10.9 Å². The molecule has 0 spiro atoms. The molecule has 4 nitrogen and oxygen atoms in total. The number of hydrogen-bond acceptors (Lipinski definition) is 4. The summed E-state index contributed by atoms with van der Waals surface area (Å²) in [6, 6.07) is 2.24. The molecule has 1 fully saturated rings. The maximum atomic E-state index is 12.3. The van der Waals surface area contributed by atoms with Gasteiger partial charge in [-0.3, -0.25) is 4.79 Å². The quantitative estimate of drug-likeness (QED) is 0.842. The smallest absolute Gasteiger partial charge is 0.246 e. The van der Waals surface area contributed by atoms with Crippen LogP contribution in [0, 0.1) is 16.7 Å². The van der Waals surface area contributed by atoms with Crippen LogP contribution in [-0.2, 0) is 4.79 Å². The Labute approximate surface area is 119 Å². The molecule has 0 radical (unpaired) electrons. The van der Waals surface area contributed by atoms with Gasteiger partial charge in [0.2, 0.25) is 5.91 Å². The van der Waals surface area contributed by atoms with Crippen LogP contribution < -0.4 is 5.32 Å². The molecule has 1 heterocycles. The van der Waals surface area contributed by atoms with Gasteiger partial charge in [-0.2, -0.15) is 5.26 Å². The second-order valence-corrected chi connectivity index (χ2v) is 6.94. The van der Waals surface area contributed by atoms with Gasteiger partial charge in [-0.1, -0.05) is 37.0 Å². The Balaban J connectivity index is 2.12. The summed E-state index contributed by atoms with van der Waals surface area (Å²) in [4.78, 5) is 16.4. The van der Waals surface area contributed by atoms with E-state index in [1.54, 1.807) is 6.20 Å². The van der Waals surface area contributed by atoms with Crippen LogP contribution in [0.15, 0.2) is 9.98 Å². The molecular weight excluding hydrogens is 314 g/mol. The van der Waals surface area contributed by atoms with Crippen LogP contribution >= 0.6 is 27.3 Å². The molecule has 1 saturated carbocycles. The molecule has 1 amide bonds. The molecule has 1 N–H and O–H groups in total. The minimum Gasteiger partial charge on any atom is -0.301 e. The zero-order valence-electron chi connectivity index (χ0n) is 9.91. The Bertz CT molecular complexity index is 472. The zero-order valence-corrected chi connectivity index (χ0v) is 12.3. The maximum Gasteiger partial charge on any atom is 0.246 e. The van der Waals surface area contributed by atoms with Crippen molar-refractivity contribution in [2.24, 2.45) is 5.41 Å². The normalized spacial score (nSPS) is 18.7. The first-order chi connectivity index (χ1) is 8.66. The van der Waals surface area contributed by atoms with Gasteiger partial charge in [-0.15, -0.1) is 0 Å². The fourth-order valence-corrected chi connectivity index (χ4v) is 3.35. The summed E-state index contributed by atoms with van der Waals surface area (Å²) in [5.74, 6) is -0.200. The van der Waals surface area contributed by atoms with E-state index >= 15 is 0 Å². The number of nitriles is 1. The number of halogens is 1. The van der Waals surface area contributed by atoms with Gasteiger partial charge < -0.3 is 5.32 Å². The zero-order chi connectivity index (χ0) is 13.0. The maximum absolute atomic E-state index is 12.3. The first-order valence-corrected chi connectivity index (χ1v) is 7.61. The predicted octanol–water partition coefficient (Wildman–Crippen LogP) is 3.71. The Morgan fingerprint density at radius 3 is 2.61 bits per heavy atom. The molecule has 6 heteroatoms. The lowest BCUT2D eigenvalue weighted by Gasteiger charge is -2.22. The van der Waals surface area contributed by atoms with E-state index in [0.717, 1.165) is 29.5 Å². The number of thiazole rings is 1. The van der Waals surface area contributed by atoms with E-state index in [4.69, 9.17) is 0 Å². The number of amides is 1. The number of nitrogens with one attached hydrogen (secondary N) is 1. The number of nitrogens with zero attached hydrogens (tertiary/aromatic N) is 2. The molecule has 96 valence electrons. The van der Waals surface area contributed by atoms with Crippen molar-refractivity contribution in [3.05, 3.63) is 9.98 Å². The van der Waals surface area contributed by atoms with Gasteiger partial charge in [0.15, 0.2) is 5.13 Å². The fourth-order valence-electron chi connectivity index (χ4n) is 2.25. The van der Waals surface area contributed by atoms with Gasteiger partial charge in [0.25, 0.3) is 0 Å². The van der Waals surface area contributed by atoms with Crippen molar-refractivity contribution in [3.8, 4) is 6.07 Å². The highest BCUT2D eigenvalue weighted by Crippen LogP contribution is 2.36. The van der Waals surface area contributed by atoms with Crippen molar-refractivity contribution in [1.29, 1.82) is 5.26 Å². The van der Waals surface area contributed by atoms with E-state index < -0.39 is 5.41 Å². The minimum atomic E-state index is -0.866. The number of anilines is 1. The first-order valence-electron chi connectivity index (χ1n) is 6.00. The van der Waals surface area contributed by atoms with Gasteiger partial charge in [0, 0.05) is 0 Å². The van der Waals surface area contributed by atoms with Crippen LogP contribution in [0.2, 0.25) is 0 Å². The molecule has 0 bridgehead atoms. The number of carbonyl (C=O) groups is 1. The summed E-state index contributed by atoms with van der Waals surface area (Å²) < 4.78 is 0.865. The second kappa shape index (κ2) is 5.81. The average Bonchev–Trinajstić information content (AvgIpc) is 2.65. The predicted molar refractivity (Wildman–Crippen MR) is 74.2 cm³/mol. The number of hydrogen-bond donors (Lipinski definition) is 1. The Morgan fingerprint density at radius 2 is 2.11 bits per heavy atom. The average molecular weight is 328 g/mol. The molecular formula is C12H14BrN3OS. The molecule has 1 aromatic rings. The summed E-state index contributed by atoms with van der Waals surface area (Å²) >= 11 is 4.66. The lowest BCUT2D eigenvalue weighted by molar-refractivity contribution is -0.123. The number of rotatable bonds is 2. The summed E-state index contributed by atoms with van der Waals surface area (Å²) in [6.07, 6.45) is 7.07. The first kappa shape index (κ1) is 13.5. The van der Waals surface area contributed by atoms with Gasteiger partial charge in [-0.05, 0) is 28.8 Å². The van der Waals surface area contributed by atoms with E-state index in [2.05, 4.69) is 32.3 Å². The van der Waals surface area contributed by atoms with Crippen molar-refractivity contribution < 1.29 is 4.79 Å². The third-order valence-corrected chi connectivity index (χ3v) is 4.70. The van der Waals surface area contributed by atoms with Crippen molar-refractivity contribution in [1.82, 2.24) is 4.98 Å². The topological polar surface area (TPSA) is 65.8 Å². The molecule has 1 aromatic heterocycles. The summed E-state index contributed by atoms with van der Waals surface area (Å²) in [7, 11) is 0. The monoisotopic (exact) mass is 327 g/mol. The largest absolute Gasteiger partial charge is 0.301 e. The van der Waals surface area contributed by atoms with Crippen molar-refractivity contribution >= 4 is 38.3 Å². The highest BCUT2D eigenvalue weighted by Gasteiger charge is 2.39. The van der Waals surface area contributed by atoms with Gasteiger partial charge in [-0.25, -0.2) is 4.98 Å². The third-order valence-electron chi connectivity index (χ3n) is 3.30. The van der Waals surface area contributed by atoms with Gasteiger partial charge in [0.1, 0.15) is 5.41 Å². The summed E-state index contributed by atoms with van der Waals surface area (Å²) in [5, 5.41) is 12.7. The van der Waals surface area contributed by atoms with Crippen LogP contribution in [0.1, 0.15) is 38.5 Å². The Morgan fingerprint density at radius 1 is 1.44 bits per heavy atom. The van der Waals surface area contributed by atoms with Crippen LogP contribution in [0.3, 0.4) is 0 Å². The van der Waals surface area contributed by atoms with E-state index in [1.807, 2.05) is 0 Å². The van der Waals surface area contributed by atoms with Crippen LogP contribution in [0.25, 0.3) is 0 Å². The van der Waals surface area contributed by atoms with E-state index in [0.29, 0.717) is 18.0 Å². The third kappa shape index (κ3) is 2.90. The van der Waals surface area contributed by atoms with E-state index in [-0.39, 0.29) is 5.91 Å². The van der Waals surface area contributed by atoms with Crippen LogP contribution in [0.4, 0.5) is 5.13 Å². The van der Waals surface area contributed by atoms with Crippen molar-refractivity contribution in [3.63, 3.8) is 0 Å². The van der Waals surface area contributed by atoms with E-state index in [1.165, 1.54) is 11.3 Å². The van der Waals surface area contributed by atoms with Gasteiger partial charge >= 0.3 is 0 Å². The number of aromatic nitrogens is 1. The van der Waals surface area contributed by atoms with Crippen molar-refractivity contribution in [2.45, 2.75) is 38.5 Å². The molecule has 0 atom stereocenters. The number of carbonyl (C=O) groups excluding carboxylic acids is 1. The highest BCUT2D eigenvalue weighted by molar-refractivity contribution is 9.11. The Hall–Kier alpha value is -0.930. The Kier molecular flexibility index (Phi) is 4.36. The molecule has 18 heavy (non-hydrogen) atoms. The van der Waals surface area contributed by atoms with E-state index in [9.17, 15) is 10.1 Å². The molecule has 0 unspecified atom stereocenters. The fraction of sp³-hybridized carbons (Fsp3) is 0.583. The standard InChI is InChI=1S/C12H14BrN3OS/c13-9-7-15-11(18-9)16-10(17)12(8-14)5-3-1-2-4-6-12/h7H,1-6H2,(H,15,16,17). The summed E-state index contributed by atoms with van der Waals surface area (Å²) in [6.45, 7) is 0. The molecule has 1 aliphatic rings. The lowest BCUT2D eigenvalue weighted by Crippen LogP contribution is -2.34. The SMILES string of the molecule is N#CC1(C(=O)Nc2ncc(Br)s2)CCCCCC1. The molecule has 2 rings (SSSR count). The molecule has 0 saturated heterocycles. The van der Waals surface area contributed by atoms with Crippen molar-refractivity contribution in [2.75, 3.05) is 5.32 Å². The molecule has 1 aliphatic carbocycles. The minimum absolute atomic E-state index is 0.200. The van der Waals surface area contributed by atoms with Gasteiger partial charge in [0.05, 0.1) is 16.1 Å². The van der Waals surface area contributed by atoms with Crippen LogP contribution in [0.5, 0.6) is 0 Å².